The van der Waals surface area contributed by atoms with Crippen LogP contribution in [0.25, 0.3) is 0 Å². The summed E-state index contributed by atoms with van der Waals surface area (Å²) in [5.41, 5.74) is 5.84. The fourth-order valence-electron chi connectivity index (χ4n) is 2.95. The minimum Gasteiger partial charge on any atom is -0.328 e. The second-order valence-corrected chi connectivity index (χ2v) is 5.61. The standard InChI is InChI=1S/C13H27N/c1-9-5-6-10(2)13(12(9)4)8-7-11(3)14/h9-13H,5-8,14H2,1-4H3. The maximum atomic E-state index is 5.84. The Balaban J connectivity index is 2.45. The van der Waals surface area contributed by atoms with Crippen LogP contribution in [0, 0.1) is 23.7 Å². The van der Waals surface area contributed by atoms with Gasteiger partial charge in [0.1, 0.15) is 0 Å². The highest BCUT2D eigenvalue weighted by Gasteiger charge is 2.31. The van der Waals surface area contributed by atoms with E-state index in [0.29, 0.717) is 6.04 Å². The van der Waals surface area contributed by atoms with Gasteiger partial charge in [-0.2, -0.15) is 0 Å². The van der Waals surface area contributed by atoms with Crippen LogP contribution < -0.4 is 5.73 Å². The third-order valence-electron chi connectivity index (χ3n) is 4.34. The molecule has 1 heteroatoms. The van der Waals surface area contributed by atoms with Crippen molar-refractivity contribution in [1.82, 2.24) is 0 Å². The molecule has 0 aliphatic heterocycles. The highest BCUT2D eigenvalue weighted by Crippen LogP contribution is 2.40. The van der Waals surface area contributed by atoms with Crippen LogP contribution in [0.5, 0.6) is 0 Å². The lowest BCUT2D eigenvalue weighted by molar-refractivity contribution is 0.111. The van der Waals surface area contributed by atoms with E-state index >= 15 is 0 Å². The molecule has 0 spiro atoms. The van der Waals surface area contributed by atoms with Crippen LogP contribution in [-0.2, 0) is 0 Å². The first-order valence-corrected chi connectivity index (χ1v) is 6.28. The summed E-state index contributed by atoms with van der Waals surface area (Å²) in [5, 5.41) is 0. The summed E-state index contributed by atoms with van der Waals surface area (Å²) in [6, 6.07) is 0.381. The van der Waals surface area contributed by atoms with Gasteiger partial charge in [-0.25, -0.2) is 0 Å². The van der Waals surface area contributed by atoms with Crippen molar-refractivity contribution in [3.05, 3.63) is 0 Å². The second kappa shape index (κ2) is 5.16. The molecule has 0 amide bonds. The number of nitrogens with two attached hydrogens (primary N) is 1. The molecule has 1 nitrogen and oxygen atoms in total. The first-order valence-electron chi connectivity index (χ1n) is 6.28. The Bertz CT molecular complexity index is 165. The van der Waals surface area contributed by atoms with E-state index in [1.54, 1.807) is 0 Å². The summed E-state index contributed by atoms with van der Waals surface area (Å²) < 4.78 is 0. The van der Waals surface area contributed by atoms with Crippen molar-refractivity contribution < 1.29 is 0 Å². The van der Waals surface area contributed by atoms with Crippen LogP contribution >= 0.6 is 0 Å². The minimum atomic E-state index is 0.381. The Morgan fingerprint density at radius 2 is 1.71 bits per heavy atom. The van der Waals surface area contributed by atoms with Crippen molar-refractivity contribution in [3.63, 3.8) is 0 Å². The van der Waals surface area contributed by atoms with Crippen LogP contribution in [0.3, 0.4) is 0 Å². The third kappa shape index (κ3) is 2.98. The Hall–Kier alpha value is -0.0400. The van der Waals surface area contributed by atoms with Gasteiger partial charge in [0.15, 0.2) is 0 Å². The Morgan fingerprint density at radius 1 is 1.14 bits per heavy atom. The van der Waals surface area contributed by atoms with Gasteiger partial charge in [0.05, 0.1) is 0 Å². The van der Waals surface area contributed by atoms with Gasteiger partial charge in [0.25, 0.3) is 0 Å². The lowest BCUT2D eigenvalue weighted by atomic mass is 9.67. The van der Waals surface area contributed by atoms with Crippen LogP contribution in [0.2, 0.25) is 0 Å². The van der Waals surface area contributed by atoms with Gasteiger partial charge < -0.3 is 5.73 Å². The molecule has 1 aliphatic rings. The van der Waals surface area contributed by atoms with E-state index in [4.69, 9.17) is 5.73 Å². The normalized spacial score (nSPS) is 40.9. The minimum absolute atomic E-state index is 0.381. The molecule has 5 atom stereocenters. The van der Waals surface area contributed by atoms with Crippen LogP contribution in [-0.4, -0.2) is 6.04 Å². The summed E-state index contributed by atoms with van der Waals surface area (Å²) in [7, 11) is 0. The average Bonchev–Trinajstić information content (AvgIpc) is 2.11. The molecular formula is C13H27N. The zero-order chi connectivity index (χ0) is 10.7. The molecule has 0 aromatic carbocycles. The van der Waals surface area contributed by atoms with Crippen molar-refractivity contribution in [2.75, 3.05) is 0 Å². The molecule has 0 heterocycles. The molecule has 5 unspecified atom stereocenters. The van der Waals surface area contributed by atoms with Crippen molar-refractivity contribution in [1.29, 1.82) is 0 Å². The highest BCUT2D eigenvalue weighted by atomic mass is 14.6. The molecular weight excluding hydrogens is 170 g/mol. The van der Waals surface area contributed by atoms with E-state index in [0.717, 1.165) is 23.7 Å². The fourth-order valence-corrected chi connectivity index (χ4v) is 2.95. The van der Waals surface area contributed by atoms with Gasteiger partial charge in [0, 0.05) is 6.04 Å². The first-order chi connectivity index (χ1) is 6.52. The van der Waals surface area contributed by atoms with Gasteiger partial charge in [-0.15, -0.1) is 0 Å². The topological polar surface area (TPSA) is 26.0 Å². The van der Waals surface area contributed by atoms with Crippen molar-refractivity contribution >= 4 is 0 Å². The predicted octanol–water partition coefficient (Wildman–Crippen LogP) is 3.43. The third-order valence-corrected chi connectivity index (χ3v) is 4.34. The largest absolute Gasteiger partial charge is 0.328 e. The predicted molar refractivity (Wildman–Crippen MR) is 63.1 cm³/mol. The van der Waals surface area contributed by atoms with Crippen molar-refractivity contribution in [2.24, 2.45) is 29.4 Å². The van der Waals surface area contributed by atoms with Gasteiger partial charge in [-0.05, 0) is 43.4 Å². The van der Waals surface area contributed by atoms with Crippen LogP contribution in [0.15, 0.2) is 0 Å². The molecule has 84 valence electrons. The lowest BCUT2D eigenvalue weighted by Gasteiger charge is -2.39. The quantitative estimate of drug-likeness (QED) is 0.737. The summed E-state index contributed by atoms with van der Waals surface area (Å²) >= 11 is 0. The summed E-state index contributed by atoms with van der Waals surface area (Å²) in [6.45, 7) is 9.40. The highest BCUT2D eigenvalue weighted by molar-refractivity contribution is 4.82. The van der Waals surface area contributed by atoms with Gasteiger partial charge in [0.2, 0.25) is 0 Å². The smallest absolute Gasteiger partial charge is 0.00105 e. The van der Waals surface area contributed by atoms with Crippen LogP contribution in [0.4, 0.5) is 0 Å². The Labute approximate surface area is 89.5 Å². The zero-order valence-corrected chi connectivity index (χ0v) is 10.3. The van der Waals surface area contributed by atoms with Crippen LogP contribution in [0.1, 0.15) is 53.4 Å². The molecule has 2 N–H and O–H groups in total. The van der Waals surface area contributed by atoms with E-state index < -0.39 is 0 Å². The van der Waals surface area contributed by atoms with Gasteiger partial charge >= 0.3 is 0 Å². The first kappa shape index (κ1) is 12.0. The molecule has 1 saturated carbocycles. The Morgan fingerprint density at radius 3 is 2.29 bits per heavy atom. The average molecular weight is 197 g/mol. The summed E-state index contributed by atoms with van der Waals surface area (Å²) in [6.07, 6.45) is 5.39. The molecule has 1 rings (SSSR count). The molecule has 0 aromatic heterocycles. The van der Waals surface area contributed by atoms with E-state index in [9.17, 15) is 0 Å². The SMILES string of the molecule is CC(N)CCC1C(C)CCC(C)C1C. The number of hydrogen-bond acceptors (Lipinski definition) is 1. The maximum Gasteiger partial charge on any atom is 0.00105 e. The number of rotatable bonds is 3. The van der Waals surface area contributed by atoms with E-state index in [1.165, 1.54) is 25.7 Å². The molecule has 1 fully saturated rings. The molecule has 1 aliphatic carbocycles. The molecule has 14 heavy (non-hydrogen) atoms. The van der Waals surface area contributed by atoms with Gasteiger partial charge in [-0.3, -0.25) is 0 Å². The summed E-state index contributed by atoms with van der Waals surface area (Å²) in [4.78, 5) is 0. The molecule has 0 bridgehead atoms. The van der Waals surface area contributed by atoms with Crippen molar-refractivity contribution in [2.45, 2.75) is 59.4 Å². The molecule has 0 saturated heterocycles. The van der Waals surface area contributed by atoms with E-state index in [2.05, 4.69) is 27.7 Å². The van der Waals surface area contributed by atoms with E-state index in [-0.39, 0.29) is 0 Å². The Kier molecular flexibility index (Phi) is 4.43. The zero-order valence-electron chi connectivity index (χ0n) is 10.3. The van der Waals surface area contributed by atoms with E-state index in [1.807, 2.05) is 0 Å². The lowest BCUT2D eigenvalue weighted by Crippen LogP contribution is -2.31. The monoisotopic (exact) mass is 197 g/mol. The van der Waals surface area contributed by atoms with Crippen molar-refractivity contribution in [3.8, 4) is 0 Å². The second-order valence-electron chi connectivity index (χ2n) is 5.61. The molecule has 0 radical (unpaired) electrons. The summed E-state index contributed by atoms with van der Waals surface area (Å²) in [5.74, 6) is 3.66. The van der Waals surface area contributed by atoms with Gasteiger partial charge in [-0.1, -0.05) is 33.6 Å². The number of hydrogen-bond donors (Lipinski definition) is 1. The molecule has 0 aromatic rings. The maximum absolute atomic E-state index is 5.84. The fraction of sp³-hybridized carbons (Fsp3) is 1.00.